The molecule has 1 saturated heterocycles. The normalized spacial score (nSPS) is 14.6. The van der Waals surface area contributed by atoms with Crippen molar-refractivity contribution in [2.75, 3.05) is 32.8 Å². The van der Waals surface area contributed by atoms with Gasteiger partial charge in [0.2, 0.25) is 5.91 Å². The first-order chi connectivity index (χ1) is 10.9. The van der Waals surface area contributed by atoms with Gasteiger partial charge in [0.05, 0.1) is 5.02 Å². The molecule has 0 atom stereocenters. The Morgan fingerprint density at radius 1 is 1.13 bits per heavy atom. The molecular weight excluding hydrogens is 345 g/mol. The van der Waals surface area contributed by atoms with E-state index in [1.807, 2.05) is 0 Å². The van der Waals surface area contributed by atoms with Crippen LogP contribution in [0, 0.1) is 0 Å². The van der Waals surface area contributed by atoms with Crippen LogP contribution in [-0.2, 0) is 14.3 Å². The van der Waals surface area contributed by atoms with Gasteiger partial charge in [-0.1, -0.05) is 23.2 Å². The molecular formula is C14H15Cl2N3O4. The summed E-state index contributed by atoms with van der Waals surface area (Å²) in [5.41, 5.74) is -0.131. The second-order valence-electron chi connectivity index (χ2n) is 4.93. The van der Waals surface area contributed by atoms with Crippen LogP contribution in [0.3, 0.4) is 0 Å². The highest BCUT2D eigenvalue weighted by Crippen LogP contribution is 2.17. The van der Waals surface area contributed by atoms with Crippen molar-refractivity contribution < 1.29 is 19.1 Å². The third-order valence-corrected chi connectivity index (χ3v) is 3.93. The Balaban J connectivity index is 1.86. The molecule has 0 bridgehead atoms. The van der Waals surface area contributed by atoms with Crippen molar-refractivity contribution in [3.05, 3.63) is 28.0 Å². The third kappa shape index (κ3) is 4.56. The fraction of sp³-hybridized carbons (Fsp3) is 0.429. The molecule has 0 aliphatic carbocycles. The zero-order valence-corrected chi connectivity index (χ0v) is 13.9. The molecule has 2 amide bonds. The number of pyridine rings is 1. The van der Waals surface area contributed by atoms with Crippen LogP contribution in [0.15, 0.2) is 12.1 Å². The van der Waals surface area contributed by atoms with Crippen LogP contribution in [-0.4, -0.2) is 65.4 Å². The maximum Gasteiger partial charge on any atom is 0.359 e. The number of ether oxygens (including phenoxy) is 1. The molecule has 0 N–H and O–H groups in total. The first-order valence-corrected chi connectivity index (χ1v) is 7.66. The molecule has 1 aromatic rings. The van der Waals surface area contributed by atoms with Crippen LogP contribution < -0.4 is 0 Å². The first kappa shape index (κ1) is 17.5. The smallest absolute Gasteiger partial charge is 0.359 e. The Hall–Kier alpha value is -1.86. The lowest BCUT2D eigenvalue weighted by molar-refractivity contribution is -0.140. The molecule has 0 spiro atoms. The van der Waals surface area contributed by atoms with E-state index in [9.17, 15) is 14.4 Å². The standard InChI is InChI=1S/C14H15Cl2N3O4/c1-9(20)18-4-6-19(7-5-18)12(21)8-23-14(22)13-10(15)2-3-11(16)17-13/h2-3H,4-8H2,1H3. The number of amides is 2. The van der Waals surface area contributed by atoms with Crippen molar-refractivity contribution >= 4 is 41.0 Å². The second kappa shape index (κ2) is 7.61. The van der Waals surface area contributed by atoms with E-state index < -0.39 is 12.6 Å². The molecule has 124 valence electrons. The molecule has 0 unspecified atom stereocenters. The lowest BCUT2D eigenvalue weighted by Crippen LogP contribution is -2.51. The number of halogens is 2. The highest BCUT2D eigenvalue weighted by molar-refractivity contribution is 6.34. The SMILES string of the molecule is CC(=O)N1CCN(C(=O)COC(=O)c2nc(Cl)ccc2Cl)CC1. The van der Waals surface area contributed by atoms with E-state index >= 15 is 0 Å². The summed E-state index contributed by atoms with van der Waals surface area (Å²) < 4.78 is 4.94. The minimum absolute atomic E-state index is 0.0230. The molecule has 0 saturated carbocycles. The van der Waals surface area contributed by atoms with Crippen LogP contribution in [0.4, 0.5) is 0 Å². The van der Waals surface area contributed by atoms with E-state index in [2.05, 4.69) is 4.98 Å². The van der Waals surface area contributed by atoms with Crippen molar-refractivity contribution in [1.29, 1.82) is 0 Å². The van der Waals surface area contributed by atoms with Crippen molar-refractivity contribution in [2.45, 2.75) is 6.92 Å². The Morgan fingerprint density at radius 3 is 2.35 bits per heavy atom. The average Bonchev–Trinajstić information content (AvgIpc) is 2.54. The number of carbonyl (C=O) groups is 3. The molecule has 2 rings (SSSR count). The summed E-state index contributed by atoms with van der Waals surface area (Å²) in [7, 11) is 0. The summed E-state index contributed by atoms with van der Waals surface area (Å²) in [5, 5.41) is 0.204. The molecule has 23 heavy (non-hydrogen) atoms. The maximum atomic E-state index is 12.0. The topological polar surface area (TPSA) is 79.8 Å². The zero-order valence-electron chi connectivity index (χ0n) is 12.4. The predicted molar refractivity (Wildman–Crippen MR) is 83.4 cm³/mol. The summed E-state index contributed by atoms with van der Waals surface area (Å²) >= 11 is 11.5. The van der Waals surface area contributed by atoms with Crippen molar-refractivity contribution in [3.8, 4) is 0 Å². The Labute approximate surface area is 143 Å². The van der Waals surface area contributed by atoms with Gasteiger partial charge in [-0.05, 0) is 12.1 Å². The van der Waals surface area contributed by atoms with Gasteiger partial charge in [-0.15, -0.1) is 0 Å². The monoisotopic (exact) mass is 359 g/mol. The minimum atomic E-state index is -0.812. The van der Waals surface area contributed by atoms with Gasteiger partial charge >= 0.3 is 5.97 Å². The van der Waals surface area contributed by atoms with Crippen molar-refractivity contribution in [2.24, 2.45) is 0 Å². The summed E-state index contributed by atoms with van der Waals surface area (Å²) in [5.74, 6) is -1.17. The average molecular weight is 360 g/mol. The Bertz CT molecular complexity index is 630. The minimum Gasteiger partial charge on any atom is -0.451 e. The number of nitrogens with zero attached hydrogens (tertiary/aromatic N) is 3. The molecule has 1 aromatic heterocycles. The lowest BCUT2D eigenvalue weighted by atomic mass is 10.3. The van der Waals surface area contributed by atoms with Gasteiger partial charge in [-0.25, -0.2) is 9.78 Å². The molecule has 0 radical (unpaired) electrons. The van der Waals surface area contributed by atoms with Gasteiger partial charge in [-0.2, -0.15) is 0 Å². The highest BCUT2D eigenvalue weighted by atomic mass is 35.5. The Kier molecular flexibility index (Phi) is 5.79. The molecule has 2 heterocycles. The van der Waals surface area contributed by atoms with Crippen LogP contribution in [0.2, 0.25) is 10.2 Å². The molecule has 0 aromatic carbocycles. The van der Waals surface area contributed by atoms with Gasteiger partial charge in [0.25, 0.3) is 5.91 Å². The number of piperazine rings is 1. The largest absolute Gasteiger partial charge is 0.451 e. The quantitative estimate of drug-likeness (QED) is 0.599. The van der Waals surface area contributed by atoms with Crippen LogP contribution in [0.25, 0.3) is 0 Å². The number of hydrogen-bond donors (Lipinski definition) is 0. The van der Waals surface area contributed by atoms with Crippen LogP contribution in [0.5, 0.6) is 0 Å². The van der Waals surface area contributed by atoms with E-state index in [0.29, 0.717) is 26.2 Å². The molecule has 7 nitrogen and oxygen atoms in total. The number of aromatic nitrogens is 1. The number of carbonyl (C=O) groups excluding carboxylic acids is 3. The predicted octanol–water partition coefficient (Wildman–Crippen LogP) is 1.24. The van der Waals surface area contributed by atoms with Gasteiger partial charge in [0.1, 0.15) is 5.15 Å². The second-order valence-corrected chi connectivity index (χ2v) is 5.72. The lowest BCUT2D eigenvalue weighted by Gasteiger charge is -2.34. The summed E-state index contributed by atoms with van der Waals surface area (Å²) in [6, 6.07) is 2.87. The van der Waals surface area contributed by atoms with Crippen molar-refractivity contribution in [1.82, 2.24) is 14.8 Å². The molecule has 1 fully saturated rings. The van der Waals surface area contributed by atoms with E-state index in [0.717, 1.165) is 0 Å². The fourth-order valence-corrected chi connectivity index (χ4v) is 2.45. The van der Waals surface area contributed by atoms with E-state index in [4.69, 9.17) is 27.9 Å². The van der Waals surface area contributed by atoms with Crippen molar-refractivity contribution in [3.63, 3.8) is 0 Å². The third-order valence-electron chi connectivity index (χ3n) is 3.41. The number of hydrogen-bond acceptors (Lipinski definition) is 5. The number of rotatable bonds is 3. The van der Waals surface area contributed by atoms with Gasteiger partial charge in [-0.3, -0.25) is 9.59 Å². The van der Waals surface area contributed by atoms with E-state index in [-0.39, 0.29) is 27.7 Å². The zero-order chi connectivity index (χ0) is 17.0. The number of esters is 1. The molecule has 9 heteroatoms. The maximum absolute atomic E-state index is 12.0. The Morgan fingerprint density at radius 2 is 1.74 bits per heavy atom. The highest BCUT2D eigenvalue weighted by Gasteiger charge is 2.24. The molecule has 1 aliphatic rings. The fourth-order valence-electron chi connectivity index (χ4n) is 2.12. The summed E-state index contributed by atoms with van der Waals surface area (Å²) in [6.07, 6.45) is 0. The summed E-state index contributed by atoms with van der Waals surface area (Å²) in [6.45, 7) is 2.83. The summed E-state index contributed by atoms with van der Waals surface area (Å²) in [4.78, 5) is 42.1. The van der Waals surface area contributed by atoms with E-state index in [1.54, 1.807) is 9.80 Å². The van der Waals surface area contributed by atoms with Crippen LogP contribution >= 0.6 is 23.2 Å². The van der Waals surface area contributed by atoms with E-state index in [1.165, 1.54) is 19.1 Å². The first-order valence-electron chi connectivity index (χ1n) is 6.91. The molecule has 1 aliphatic heterocycles. The van der Waals surface area contributed by atoms with Gasteiger partial charge < -0.3 is 14.5 Å². The van der Waals surface area contributed by atoms with Gasteiger partial charge in [0, 0.05) is 33.1 Å². The van der Waals surface area contributed by atoms with Gasteiger partial charge in [0.15, 0.2) is 12.3 Å². The van der Waals surface area contributed by atoms with Crippen LogP contribution in [0.1, 0.15) is 17.4 Å².